The lowest BCUT2D eigenvalue weighted by Gasteiger charge is -2.04. The van der Waals surface area contributed by atoms with E-state index in [2.05, 4.69) is 37.6 Å². The summed E-state index contributed by atoms with van der Waals surface area (Å²) in [5, 5.41) is 21.8. The Morgan fingerprint density at radius 3 is 2.76 bits per heavy atom. The molecule has 8 nitrogen and oxygen atoms in total. The Balaban J connectivity index is 1.56. The maximum Gasteiger partial charge on any atom is 0.163 e. The lowest BCUT2D eigenvalue weighted by Crippen LogP contribution is -2.04. The number of benzene rings is 1. The topological polar surface area (TPSA) is 93.7 Å². The van der Waals surface area contributed by atoms with E-state index in [1.54, 1.807) is 17.1 Å². The van der Waals surface area contributed by atoms with E-state index in [-0.39, 0.29) is 6.61 Å². The predicted molar refractivity (Wildman–Crippen MR) is 93.5 cm³/mol. The standard InChI is InChI=1S/C17H17N7O/c25-7-6-24-17-15(9-21-24)16(18-12-19-17)22-14-8-20-23(11-14)10-13-4-2-1-3-5-13/h1-5,8-9,11-12,25H,6-7,10H2,(H,18,19,22). The lowest BCUT2D eigenvalue weighted by molar-refractivity contribution is 0.271. The normalized spacial score (nSPS) is 11.1. The smallest absolute Gasteiger partial charge is 0.163 e. The highest BCUT2D eigenvalue weighted by atomic mass is 16.3. The largest absolute Gasteiger partial charge is 0.394 e. The van der Waals surface area contributed by atoms with E-state index in [9.17, 15) is 0 Å². The maximum absolute atomic E-state index is 9.10. The molecule has 0 aliphatic rings. The van der Waals surface area contributed by atoms with Crippen molar-refractivity contribution in [2.24, 2.45) is 0 Å². The van der Waals surface area contributed by atoms with Crippen molar-refractivity contribution in [1.29, 1.82) is 0 Å². The van der Waals surface area contributed by atoms with Crippen LogP contribution in [0, 0.1) is 0 Å². The zero-order chi connectivity index (χ0) is 17.1. The molecule has 126 valence electrons. The molecule has 0 fully saturated rings. The van der Waals surface area contributed by atoms with Crippen LogP contribution in [-0.4, -0.2) is 41.2 Å². The van der Waals surface area contributed by atoms with E-state index in [4.69, 9.17) is 5.11 Å². The summed E-state index contributed by atoms with van der Waals surface area (Å²) in [4.78, 5) is 8.53. The molecular weight excluding hydrogens is 318 g/mol. The van der Waals surface area contributed by atoms with Crippen LogP contribution in [0.1, 0.15) is 5.56 Å². The molecule has 8 heteroatoms. The highest BCUT2D eigenvalue weighted by Gasteiger charge is 2.10. The van der Waals surface area contributed by atoms with Crippen LogP contribution in [0.25, 0.3) is 11.0 Å². The molecule has 0 aliphatic carbocycles. The van der Waals surface area contributed by atoms with E-state index in [0.29, 0.717) is 24.6 Å². The molecule has 0 amide bonds. The minimum atomic E-state index is 0.00972. The molecule has 0 atom stereocenters. The van der Waals surface area contributed by atoms with Crippen molar-refractivity contribution in [3.63, 3.8) is 0 Å². The first-order valence-corrected chi connectivity index (χ1v) is 7.94. The first kappa shape index (κ1) is 15.3. The van der Waals surface area contributed by atoms with Gasteiger partial charge in [0.05, 0.1) is 43.2 Å². The van der Waals surface area contributed by atoms with E-state index in [1.807, 2.05) is 29.1 Å². The molecule has 3 aromatic heterocycles. The molecule has 0 bridgehead atoms. The second kappa shape index (κ2) is 6.70. The van der Waals surface area contributed by atoms with Gasteiger partial charge in [-0.3, -0.25) is 4.68 Å². The van der Waals surface area contributed by atoms with Crippen LogP contribution in [0.15, 0.2) is 55.2 Å². The molecule has 0 saturated carbocycles. The van der Waals surface area contributed by atoms with Gasteiger partial charge in [-0.1, -0.05) is 30.3 Å². The molecule has 4 rings (SSSR count). The summed E-state index contributed by atoms with van der Waals surface area (Å²) in [6.45, 7) is 1.11. The quantitative estimate of drug-likeness (QED) is 0.558. The number of hydrogen-bond donors (Lipinski definition) is 2. The number of aliphatic hydroxyl groups is 1. The van der Waals surface area contributed by atoms with Crippen molar-refractivity contribution in [3.8, 4) is 0 Å². The SMILES string of the molecule is OCCn1ncc2c(Nc3cnn(Cc4ccccc4)c3)ncnc21. The average Bonchev–Trinajstić information content (AvgIpc) is 3.24. The summed E-state index contributed by atoms with van der Waals surface area (Å²) < 4.78 is 3.52. The zero-order valence-electron chi connectivity index (χ0n) is 13.4. The number of fused-ring (bicyclic) bond motifs is 1. The molecule has 0 unspecified atom stereocenters. The number of nitrogens with one attached hydrogen (secondary N) is 1. The van der Waals surface area contributed by atoms with E-state index in [1.165, 1.54) is 11.9 Å². The van der Waals surface area contributed by atoms with Crippen molar-refractivity contribution < 1.29 is 5.11 Å². The number of anilines is 2. The minimum Gasteiger partial charge on any atom is -0.394 e. The third kappa shape index (κ3) is 3.20. The van der Waals surface area contributed by atoms with Gasteiger partial charge < -0.3 is 10.4 Å². The molecule has 3 heterocycles. The average molecular weight is 335 g/mol. The Hall–Kier alpha value is -3.26. The predicted octanol–water partition coefficient (Wildman–Crippen LogP) is 1.81. The van der Waals surface area contributed by atoms with Gasteiger partial charge in [0.15, 0.2) is 5.65 Å². The summed E-state index contributed by atoms with van der Waals surface area (Å²) in [5.74, 6) is 0.661. The Morgan fingerprint density at radius 2 is 1.92 bits per heavy atom. The number of hydrogen-bond acceptors (Lipinski definition) is 6. The van der Waals surface area contributed by atoms with Crippen molar-refractivity contribution >= 4 is 22.5 Å². The lowest BCUT2D eigenvalue weighted by atomic mass is 10.2. The monoisotopic (exact) mass is 335 g/mol. The summed E-state index contributed by atoms with van der Waals surface area (Å²) in [5.41, 5.74) is 2.71. The highest BCUT2D eigenvalue weighted by molar-refractivity contribution is 5.87. The number of nitrogens with zero attached hydrogens (tertiary/aromatic N) is 6. The molecule has 4 aromatic rings. The Kier molecular flexibility index (Phi) is 4.09. The van der Waals surface area contributed by atoms with Gasteiger partial charge in [0, 0.05) is 6.20 Å². The molecule has 0 radical (unpaired) electrons. The Morgan fingerprint density at radius 1 is 1.04 bits per heavy atom. The van der Waals surface area contributed by atoms with Gasteiger partial charge in [-0.05, 0) is 5.56 Å². The summed E-state index contributed by atoms with van der Waals surface area (Å²) in [6, 6.07) is 10.2. The zero-order valence-corrected chi connectivity index (χ0v) is 13.4. The second-order valence-electron chi connectivity index (χ2n) is 5.59. The molecule has 25 heavy (non-hydrogen) atoms. The van der Waals surface area contributed by atoms with Gasteiger partial charge >= 0.3 is 0 Å². The molecule has 0 spiro atoms. The van der Waals surface area contributed by atoms with Crippen molar-refractivity contribution in [2.45, 2.75) is 13.1 Å². The fourth-order valence-electron chi connectivity index (χ4n) is 2.67. The number of aromatic nitrogens is 6. The fraction of sp³-hybridized carbons (Fsp3) is 0.176. The van der Waals surface area contributed by atoms with Crippen LogP contribution >= 0.6 is 0 Å². The van der Waals surface area contributed by atoms with Crippen LogP contribution in [-0.2, 0) is 13.1 Å². The molecule has 0 aliphatic heterocycles. The number of rotatable bonds is 6. The first-order valence-electron chi connectivity index (χ1n) is 7.94. The maximum atomic E-state index is 9.10. The minimum absolute atomic E-state index is 0.00972. The third-order valence-electron chi connectivity index (χ3n) is 3.83. The van der Waals surface area contributed by atoms with E-state index < -0.39 is 0 Å². The van der Waals surface area contributed by atoms with Gasteiger partial charge in [0.2, 0.25) is 0 Å². The first-order chi connectivity index (χ1) is 12.3. The van der Waals surface area contributed by atoms with E-state index in [0.717, 1.165) is 11.1 Å². The highest BCUT2D eigenvalue weighted by Crippen LogP contribution is 2.22. The summed E-state index contributed by atoms with van der Waals surface area (Å²) in [6.07, 6.45) is 6.87. The molecule has 2 N–H and O–H groups in total. The van der Waals surface area contributed by atoms with E-state index >= 15 is 0 Å². The van der Waals surface area contributed by atoms with Gasteiger partial charge in [0.25, 0.3) is 0 Å². The fourth-order valence-corrected chi connectivity index (χ4v) is 2.67. The van der Waals surface area contributed by atoms with Crippen LogP contribution in [0.2, 0.25) is 0 Å². The van der Waals surface area contributed by atoms with Crippen molar-refractivity contribution in [3.05, 3.63) is 60.8 Å². The second-order valence-corrected chi connectivity index (χ2v) is 5.59. The third-order valence-corrected chi connectivity index (χ3v) is 3.83. The number of aliphatic hydroxyl groups excluding tert-OH is 1. The van der Waals surface area contributed by atoms with Crippen molar-refractivity contribution in [2.75, 3.05) is 11.9 Å². The summed E-state index contributed by atoms with van der Waals surface area (Å²) >= 11 is 0. The molecule has 0 saturated heterocycles. The van der Waals surface area contributed by atoms with Gasteiger partial charge in [-0.15, -0.1) is 0 Å². The molecular formula is C17H17N7O. The Bertz CT molecular complexity index is 977. The van der Waals surface area contributed by atoms with Gasteiger partial charge in [-0.2, -0.15) is 10.2 Å². The summed E-state index contributed by atoms with van der Waals surface area (Å²) in [7, 11) is 0. The van der Waals surface area contributed by atoms with Crippen LogP contribution in [0.4, 0.5) is 11.5 Å². The van der Waals surface area contributed by atoms with Crippen molar-refractivity contribution in [1.82, 2.24) is 29.5 Å². The van der Waals surface area contributed by atoms with Gasteiger partial charge in [-0.25, -0.2) is 14.6 Å². The van der Waals surface area contributed by atoms with Crippen LogP contribution in [0.3, 0.4) is 0 Å². The van der Waals surface area contributed by atoms with Gasteiger partial charge in [0.1, 0.15) is 12.1 Å². The van der Waals surface area contributed by atoms with Crippen LogP contribution in [0.5, 0.6) is 0 Å². The Labute approximate surface area is 143 Å². The molecule has 1 aromatic carbocycles. The van der Waals surface area contributed by atoms with Crippen LogP contribution < -0.4 is 5.32 Å².